The van der Waals surface area contributed by atoms with E-state index in [4.69, 9.17) is 0 Å². The monoisotopic (exact) mass is 336 g/mol. The Morgan fingerprint density at radius 3 is 2.52 bits per heavy atom. The van der Waals surface area contributed by atoms with Gasteiger partial charge in [0.1, 0.15) is 5.56 Å². The minimum atomic E-state index is -3.24. The largest absolute Gasteiger partial charge is 0.345 e. The molecule has 1 aliphatic carbocycles. The number of sulfone groups is 1. The summed E-state index contributed by atoms with van der Waals surface area (Å²) in [6, 6.07) is 2.75. The van der Waals surface area contributed by atoms with Crippen molar-refractivity contribution in [1.29, 1.82) is 0 Å². The highest BCUT2D eigenvalue weighted by Crippen LogP contribution is 2.30. The van der Waals surface area contributed by atoms with Crippen LogP contribution in [0.2, 0.25) is 0 Å². The van der Waals surface area contributed by atoms with Gasteiger partial charge in [-0.15, -0.1) is 0 Å². The van der Waals surface area contributed by atoms with Crippen LogP contribution in [0.5, 0.6) is 0 Å². The molecule has 0 unspecified atom stereocenters. The zero-order valence-corrected chi connectivity index (χ0v) is 13.6. The first-order valence-corrected chi connectivity index (χ1v) is 9.61. The number of carbonyl (C=O) groups is 1. The molecule has 1 aromatic rings. The number of rotatable bonds is 3. The molecule has 1 amide bonds. The predicted molar refractivity (Wildman–Crippen MR) is 87.1 cm³/mol. The fourth-order valence-corrected chi connectivity index (χ4v) is 4.47. The second-order valence-corrected chi connectivity index (χ2v) is 8.16. The normalized spacial score (nSPS) is 23.7. The number of amides is 1. The quantitative estimate of drug-likeness (QED) is 0.873. The third kappa shape index (κ3) is 3.72. The van der Waals surface area contributed by atoms with E-state index < -0.39 is 27.3 Å². The number of aromatic amines is 1. The number of nitrogens with one attached hydrogen (secondary N) is 2. The Hall–Kier alpha value is -1.89. The minimum absolute atomic E-state index is 0.0160. The van der Waals surface area contributed by atoms with Crippen LogP contribution in [-0.4, -0.2) is 31.1 Å². The zero-order valence-electron chi connectivity index (χ0n) is 12.7. The molecular weight excluding hydrogens is 316 g/mol. The lowest BCUT2D eigenvalue weighted by Crippen LogP contribution is -2.38. The highest BCUT2D eigenvalue weighted by Gasteiger charge is 2.24. The SMILES string of the molecule is O=C(N[C@@H]1C=CS(=O)(=O)C1)c1ccc(C2CCCCC2)[nH]c1=O. The summed E-state index contributed by atoms with van der Waals surface area (Å²) in [7, 11) is -3.24. The Morgan fingerprint density at radius 1 is 1.17 bits per heavy atom. The maximum absolute atomic E-state index is 12.2. The standard InChI is InChI=1S/C16H20N2O4S/c19-15(17-12-8-9-23(21,22)10-12)13-6-7-14(18-16(13)20)11-4-2-1-3-5-11/h6-9,11-12H,1-5,10H2,(H,17,19)(H,18,20)/t12-/m1/s1. The van der Waals surface area contributed by atoms with Gasteiger partial charge in [-0.1, -0.05) is 19.3 Å². The average Bonchev–Trinajstić information content (AvgIpc) is 2.86. The van der Waals surface area contributed by atoms with E-state index in [0.29, 0.717) is 5.92 Å². The molecule has 1 fully saturated rings. The van der Waals surface area contributed by atoms with Crippen LogP contribution in [-0.2, 0) is 9.84 Å². The number of pyridine rings is 1. The molecule has 23 heavy (non-hydrogen) atoms. The second-order valence-electron chi connectivity index (χ2n) is 6.23. The van der Waals surface area contributed by atoms with E-state index in [2.05, 4.69) is 10.3 Å². The molecule has 0 aromatic carbocycles. The van der Waals surface area contributed by atoms with Crippen molar-refractivity contribution in [2.75, 3.05) is 5.75 Å². The molecular formula is C16H20N2O4S. The molecule has 1 saturated carbocycles. The van der Waals surface area contributed by atoms with Crippen LogP contribution >= 0.6 is 0 Å². The predicted octanol–water partition coefficient (Wildman–Crippen LogP) is 1.46. The van der Waals surface area contributed by atoms with E-state index in [1.165, 1.54) is 18.6 Å². The Morgan fingerprint density at radius 2 is 1.91 bits per heavy atom. The van der Waals surface area contributed by atoms with Gasteiger partial charge in [-0.25, -0.2) is 8.42 Å². The first-order chi connectivity index (χ1) is 10.9. The lowest BCUT2D eigenvalue weighted by molar-refractivity contribution is 0.0946. The van der Waals surface area contributed by atoms with Crippen molar-refractivity contribution in [1.82, 2.24) is 10.3 Å². The lowest BCUT2D eigenvalue weighted by atomic mass is 9.86. The molecule has 1 aliphatic heterocycles. The summed E-state index contributed by atoms with van der Waals surface area (Å²) in [5.74, 6) is -0.346. The third-order valence-corrected chi connectivity index (χ3v) is 5.86. The number of aromatic nitrogens is 1. The lowest BCUT2D eigenvalue weighted by Gasteiger charge is -2.21. The van der Waals surface area contributed by atoms with Gasteiger partial charge in [-0.3, -0.25) is 9.59 Å². The fraction of sp³-hybridized carbons (Fsp3) is 0.500. The van der Waals surface area contributed by atoms with Gasteiger partial charge >= 0.3 is 0 Å². The van der Waals surface area contributed by atoms with Gasteiger partial charge in [0.2, 0.25) is 0 Å². The van der Waals surface area contributed by atoms with Crippen LogP contribution in [0.15, 0.2) is 28.4 Å². The summed E-state index contributed by atoms with van der Waals surface area (Å²) in [4.78, 5) is 27.1. The molecule has 0 radical (unpaired) electrons. The molecule has 1 atom stereocenters. The van der Waals surface area contributed by atoms with E-state index in [9.17, 15) is 18.0 Å². The van der Waals surface area contributed by atoms with Gasteiger partial charge in [-0.2, -0.15) is 0 Å². The highest BCUT2D eigenvalue weighted by atomic mass is 32.2. The average molecular weight is 336 g/mol. The van der Waals surface area contributed by atoms with Gasteiger partial charge in [-0.05, 0) is 37.0 Å². The molecule has 124 valence electrons. The fourth-order valence-electron chi connectivity index (χ4n) is 3.23. The minimum Gasteiger partial charge on any atom is -0.345 e. The summed E-state index contributed by atoms with van der Waals surface area (Å²) in [5.41, 5.74) is 0.479. The molecule has 0 bridgehead atoms. The first-order valence-electron chi connectivity index (χ1n) is 7.90. The van der Waals surface area contributed by atoms with Crippen molar-refractivity contribution in [2.45, 2.75) is 44.1 Å². The molecule has 7 heteroatoms. The Bertz CT molecular complexity index is 789. The molecule has 0 saturated heterocycles. The van der Waals surface area contributed by atoms with Gasteiger partial charge in [0.15, 0.2) is 9.84 Å². The molecule has 0 spiro atoms. The zero-order chi connectivity index (χ0) is 16.4. The first kappa shape index (κ1) is 16.0. The van der Waals surface area contributed by atoms with Crippen molar-refractivity contribution >= 4 is 15.7 Å². The van der Waals surface area contributed by atoms with Crippen LogP contribution in [0.3, 0.4) is 0 Å². The molecule has 1 aromatic heterocycles. The molecule has 6 nitrogen and oxygen atoms in total. The van der Waals surface area contributed by atoms with Crippen molar-refractivity contribution in [3.63, 3.8) is 0 Å². The molecule has 2 N–H and O–H groups in total. The smallest absolute Gasteiger partial charge is 0.261 e. The molecule has 2 heterocycles. The summed E-state index contributed by atoms with van der Waals surface area (Å²) in [6.45, 7) is 0. The number of hydrogen-bond donors (Lipinski definition) is 2. The van der Waals surface area contributed by atoms with Crippen LogP contribution in [0.4, 0.5) is 0 Å². The Kier molecular flexibility index (Phi) is 4.39. The number of carbonyl (C=O) groups excluding carboxylic acids is 1. The van der Waals surface area contributed by atoms with Crippen molar-refractivity contribution < 1.29 is 13.2 Å². The second kappa shape index (κ2) is 6.31. The van der Waals surface area contributed by atoms with Crippen LogP contribution in [0, 0.1) is 0 Å². The summed E-state index contributed by atoms with van der Waals surface area (Å²) in [5, 5.41) is 3.66. The Labute approximate surface area is 134 Å². The van der Waals surface area contributed by atoms with Gasteiger partial charge < -0.3 is 10.3 Å². The van der Waals surface area contributed by atoms with E-state index in [-0.39, 0.29) is 11.3 Å². The highest BCUT2D eigenvalue weighted by molar-refractivity contribution is 7.94. The maximum atomic E-state index is 12.2. The van der Waals surface area contributed by atoms with Gasteiger partial charge in [0.05, 0.1) is 11.8 Å². The van der Waals surface area contributed by atoms with E-state index in [1.807, 2.05) is 0 Å². The third-order valence-electron chi connectivity index (χ3n) is 4.47. The van der Waals surface area contributed by atoms with E-state index in [1.54, 1.807) is 6.07 Å². The summed E-state index contributed by atoms with van der Waals surface area (Å²) >= 11 is 0. The summed E-state index contributed by atoms with van der Waals surface area (Å²) < 4.78 is 22.7. The van der Waals surface area contributed by atoms with Crippen LogP contribution in [0.1, 0.15) is 54.1 Å². The van der Waals surface area contributed by atoms with Crippen LogP contribution in [0.25, 0.3) is 0 Å². The van der Waals surface area contributed by atoms with Crippen molar-refractivity contribution in [2.24, 2.45) is 0 Å². The van der Waals surface area contributed by atoms with E-state index >= 15 is 0 Å². The van der Waals surface area contributed by atoms with Crippen LogP contribution < -0.4 is 10.9 Å². The number of H-pyrrole nitrogens is 1. The summed E-state index contributed by atoms with van der Waals surface area (Å²) in [6.07, 6.45) is 7.12. The topological polar surface area (TPSA) is 96.1 Å². The maximum Gasteiger partial charge on any atom is 0.261 e. The molecule has 2 aliphatic rings. The van der Waals surface area contributed by atoms with Gasteiger partial charge in [0.25, 0.3) is 11.5 Å². The Balaban J connectivity index is 1.71. The van der Waals surface area contributed by atoms with Gasteiger partial charge in [0, 0.05) is 11.1 Å². The van der Waals surface area contributed by atoms with Crippen molar-refractivity contribution in [3.05, 3.63) is 45.2 Å². The van der Waals surface area contributed by atoms with E-state index in [0.717, 1.165) is 36.8 Å². The molecule has 3 rings (SSSR count). The van der Waals surface area contributed by atoms with Crippen molar-refractivity contribution in [3.8, 4) is 0 Å². The number of hydrogen-bond acceptors (Lipinski definition) is 4.